The third-order valence-corrected chi connectivity index (χ3v) is 7.80. The number of rotatable bonds is 22. The topological polar surface area (TPSA) is 343 Å². The number of nitrogens with one attached hydrogen (secondary N) is 6. The van der Waals surface area contributed by atoms with Crippen molar-refractivity contribution in [1.29, 1.82) is 0 Å². The predicted octanol–water partition coefficient (Wildman–Crippen LogP) is -3.74. The number of nitrogens with zero attached hydrogens (tertiary/aromatic N) is 1. The average Bonchev–Trinajstić information content (AvgIpc) is 3.08. The molecule has 0 saturated heterocycles. The number of aliphatic hydroxyl groups excluding tert-OH is 1. The summed E-state index contributed by atoms with van der Waals surface area (Å²) in [4.78, 5) is 92.8. The van der Waals surface area contributed by atoms with Crippen LogP contribution in [0.3, 0.4) is 0 Å². The van der Waals surface area contributed by atoms with Gasteiger partial charge in [-0.05, 0) is 49.3 Å². The molecule has 53 heavy (non-hydrogen) atoms. The van der Waals surface area contributed by atoms with Crippen LogP contribution in [-0.4, -0.2) is 119 Å². The lowest BCUT2D eigenvalue weighted by atomic mass is 10.0. The van der Waals surface area contributed by atoms with Crippen LogP contribution in [0.15, 0.2) is 29.3 Å². The first-order chi connectivity index (χ1) is 24.8. The molecule has 1 aromatic rings. The van der Waals surface area contributed by atoms with Gasteiger partial charge in [-0.15, -0.1) is 0 Å². The number of phenolic OH excluding ortho intramolecular Hbond substituents is 1. The second kappa shape index (κ2) is 22.4. The molecule has 0 unspecified atom stereocenters. The van der Waals surface area contributed by atoms with Crippen molar-refractivity contribution in [2.45, 2.75) is 90.1 Å². The Labute approximate surface area is 307 Å². The minimum atomic E-state index is -1.53. The Morgan fingerprint density at radius 2 is 1.32 bits per heavy atom. The second-order valence-corrected chi connectivity index (χ2v) is 13.0. The zero-order valence-corrected chi connectivity index (χ0v) is 30.5. The van der Waals surface area contributed by atoms with Gasteiger partial charge < -0.3 is 64.4 Å². The van der Waals surface area contributed by atoms with Crippen molar-refractivity contribution in [2.75, 3.05) is 19.7 Å². The van der Waals surface area contributed by atoms with E-state index < -0.39 is 103 Å². The van der Waals surface area contributed by atoms with Crippen LogP contribution in [0.4, 0.5) is 0 Å². The van der Waals surface area contributed by atoms with Crippen LogP contribution in [0.2, 0.25) is 0 Å². The van der Waals surface area contributed by atoms with Crippen LogP contribution in [-0.2, 0) is 40.0 Å². The number of guanidine groups is 1. The smallest absolute Gasteiger partial charge is 0.326 e. The molecule has 0 radical (unpaired) electrons. The third kappa shape index (κ3) is 16.6. The molecule has 0 aliphatic heterocycles. The predicted molar refractivity (Wildman–Crippen MR) is 192 cm³/mol. The van der Waals surface area contributed by atoms with Crippen LogP contribution >= 0.6 is 0 Å². The molecule has 0 aliphatic carbocycles. The van der Waals surface area contributed by atoms with Crippen LogP contribution < -0.4 is 49.1 Å². The fourth-order valence-electron chi connectivity index (χ4n) is 4.69. The Balaban J connectivity index is 2.92. The number of nitrogens with two attached hydrogens (primary N) is 3. The number of hydrogen-bond acceptors (Lipinski definition) is 11. The highest BCUT2D eigenvalue weighted by atomic mass is 16.4. The molecule has 0 spiro atoms. The van der Waals surface area contributed by atoms with Crippen molar-refractivity contribution in [3.05, 3.63) is 29.8 Å². The maximum Gasteiger partial charge on any atom is 0.326 e. The van der Waals surface area contributed by atoms with E-state index in [1.165, 1.54) is 31.2 Å². The molecular weight excluding hydrogens is 696 g/mol. The Kier molecular flexibility index (Phi) is 19.3. The Bertz CT molecular complexity index is 1450. The number of aliphatic imine (C=N–C) groups is 1. The van der Waals surface area contributed by atoms with Gasteiger partial charge in [0.15, 0.2) is 5.96 Å². The van der Waals surface area contributed by atoms with Crippen LogP contribution in [0.25, 0.3) is 0 Å². The lowest BCUT2D eigenvalue weighted by Crippen LogP contribution is -2.59. The summed E-state index contributed by atoms with van der Waals surface area (Å²) in [5, 5.41) is 43.3. The first-order valence-corrected chi connectivity index (χ1v) is 17.0. The molecule has 0 heterocycles. The summed E-state index contributed by atoms with van der Waals surface area (Å²) >= 11 is 0. The summed E-state index contributed by atoms with van der Waals surface area (Å²) in [5.74, 6) is -7.14. The number of carbonyl (C=O) groups excluding carboxylic acids is 6. The van der Waals surface area contributed by atoms with E-state index in [9.17, 15) is 48.9 Å². The Morgan fingerprint density at radius 1 is 0.736 bits per heavy atom. The lowest BCUT2D eigenvalue weighted by Gasteiger charge is -2.26. The molecule has 296 valence electrons. The van der Waals surface area contributed by atoms with E-state index in [1.807, 2.05) is 0 Å². The van der Waals surface area contributed by atoms with Crippen LogP contribution in [0, 0.1) is 11.8 Å². The minimum Gasteiger partial charge on any atom is -0.508 e. The summed E-state index contributed by atoms with van der Waals surface area (Å²) in [6, 6.07) is -1.63. The number of aliphatic hydroxyl groups is 1. The fourth-order valence-corrected chi connectivity index (χ4v) is 4.69. The normalized spacial score (nSPS) is 14.4. The highest BCUT2D eigenvalue weighted by molar-refractivity contribution is 5.96. The van der Waals surface area contributed by atoms with Gasteiger partial charge in [-0.2, -0.15) is 0 Å². The number of carbonyl (C=O) groups is 7. The van der Waals surface area contributed by atoms with Crippen molar-refractivity contribution in [3.8, 4) is 5.75 Å². The van der Waals surface area contributed by atoms with E-state index in [2.05, 4.69) is 36.9 Å². The first kappa shape index (κ1) is 45.5. The van der Waals surface area contributed by atoms with E-state index in [-0.39, 0.29) is 31.1 Å². The second-order valence-electron chi connectivity index (χ2n) is 13.0. The zero-order valence-electron chi connectivity index (χ0n) is 30.5. The summed E-state index contributed by atoms with van der Waals surface area (Å²) in [7, 11) is 0. The zero-order chi connectivity index (χ0) is 40.4. The number of aromatic hydroxyl groups is 1. The van der Waals surface area contributed by atoms with Crippen molar-refractivity contribution < 1.29 is 48.9 Å². The molecule has 15 N–H and O–H groups in total. The number of carboxylic acid groups (broad SMARTS) is 1. The summed E-state index contributed by atoms with van der Waals surface area (Å²) in [6.07, 6.45) is 0.509. The monoisotopic (exact) mass is 750 g/mol. The number of carboxylic acids is 1. The molecule has 0 bridgehead atoms. The van der Waals surface area contributed by atoms with Gasteiger partial charge in [-0.25, -0.2) is 4.79 Å². The maximum absolute atomic E-state index is 13.3. The number of phenols is 1. The van der Waals surface area contributed by atoms with Crippen molar-refractivity contribution in [3.63, 3.8) is 0 Å². The standard InChI is InChI=1S/C33H54N10O10/c1-16(2)25(42-28(48)21(34)7-6-12-37-33(35)36)31(51)41-23(15-44)29(49)38-14-24(46)40-22(13-19-8-10-20(45)11-9-19)30(50)39-18(5)27(47)43-26(17(3)4)32(52)53/h8-11,16-18,21-23,25-26,44-45H,6-7,12-15,34H2,1-5H3,(H,38,49)(H,39,50)(H,40,46)(H,41,51)(H,42,48)(H,43,47)(H,52,53)(H4,35,36,37)/t18-,21-,22-,23-,25-,26-/m0/s1. The molecule has 1 aromatic carbocycles. The first-order valence-electron chi connectivity index (χ1n) is 17.0. The highest BCUT2D eigenvalue weighted by Crippen LogP contribution is 2.12. The van der Waals surface area contributed by atoms with Gasteiger partial charge in [0.1, 0.15) is 36.0 Å². The molecule has 0 saturated carbocycles. The van der Waals surface area contributed by atoms with E-state index in [4.69, 9.17) is 17.2 Å². The summed E-state index contributed by atoms with van der Waals surface area (Å²) in [6.45, 7) is 6.50. The van der Waals surface area contributed by atoms with E-state index in [1.54, 1.807) is 27.7 Å². The largest absolute Gasteiger partial charge is 0.508 e. The number of hydrogen-bond donors (Lipinski definition) is 12. The van der Waals surface area contributed by atoms with Gasteiger partial charge in [0.25, 0.3) is 0 Å². The van der Waals surface area contributed by atoms with Gasteiger partial charge >= 0.3 is 5.97 Å². The molecule has 6 amide bonds. The molecule has 0 aromatic heterocycles. The van der Waals surface area contributed by atoms with Crippen LogP contribution in [0.5, 0.6) is 5.75 Å². The average molecular weight is 751 g/mol. The van der Waals surface area contributed by atoms with Gasteiger partial charge in [-0.1, -0.05) is 39.8 Å². The van der Waals surface area contributed by atoms with Gasteiger partial charge in [0.2, 0.25) is 35.4 Å². The van der Waals surface area contributed by atoms with Crippen molar-refractivity contribution in [2.24, 2.45) is 34.0 Å². The van der Waals surface area contributed by atoms with Gasteiger partial charge in [0, 0.05) is 13.0 Å². The van der Waals surface area contributed by atoms with E-state index in [0.717, 1.165) is 0 Å². The fraction of sp³-hybridized carbons (Fsp3) is 0.576. The number of amides is 6. The molecule has 1 rings (SSSR count). The molecule has 20 nitrogen and oxygen atoms in total. The molecule has 0 fully saturated rings. The van der Waals surface area contributed by atoms with E-state index in [0.29, 0.717) is 12.0 Å². The van der Waals surface area contributed by atoms with Crippen molar-refractivity contribution >= 4 is 47.4 Å². The van der Waals surface area contributed by atoms with Crippen LogP contribution in [0.1, 0.15) is 53.0 Å². The Morgan fingerprint density at radius 3 is 1.85 bits per heavy atom. The van der Waals surface area contributed by atoms with Crippen molar-refractivity contribution in [1.82, 2.24) is 31.9 Å². The molecular formula is C33H54N10O10. The maximum atomic E-state index is 13.3. The van der Waals surface area contributed by atoms with E-state index >= 15 is 0 Å². The molecule has 0 aliphatic rings. The summed E-state index contributed by atoms with van der Waals surface area (Å²) in [5.41, 5.74) is 17.0. The SMILES string of the molecule is CC(C)[C@H](NC(=O)[C@H](C)NC(=O)[C@H](Cc1ccc(O)cc1)NC(=O)CNC(=O)[C@H](CO)NC(=O)[C@@H](NC(=O)[C@@H](N)CCCN=C(N)N)C(C)C)C(=O)O. The lowest BCUT2D eigenvalue weighted by molar-refractivity contribution is -0.143. The molecule has 20 heteroatoms. The summed E-state index contributed by atoms with van der Waals surface area (Å²) < 4.78 is 0. The van der Waals surface area contributed by atoms with Gasteiger partial charge in [-0.3, -0.25) is 33.8 Å². The minimum absolute atomic E-state index is 0.0443. The number of aliphatic carboxylic acids is 1. The number of benzene rings is 1. The highest BCUT2D eigenvalue weighted by Gasteiger charge is 2.31. The van der Waals surface area contributed by atoms with Gasteiger partial charge in [0.05, 0.1) is 19.2 Å². The quantitative estimate of drug-likeness (QED) is 0.0308. The molecule has 6 atom stereocenters. The Hall–Kier alpha value is -5.50. The third-order valence-electron chi connectivity index (χ3n) is 7.80.